The topological polar surface area (TPSA) is 30.9 Å². The first-order chi connectivity index (χ1) is 10.3. The molecule has 0 saturated heterocycles. The first kappa shape index (κ1) is 12.8. The summed E-state index contributed by atoms with van der Waals surface area (Å²) in [4.78, 5) is 2.29. The van der Waals surface area contributed by atoms with Gasteiger partial charge in [0.2, 0.25) is 12.5 Å². The molecule has 110 valence electrons. The Morgan fingerprint density at radius 1 is 1.29 bits per heavy atom. The van der Waals surface area contributed by atoms with Crippen LogP contribution in [0.4, 0.5) is 0 Å². The van der Waals surface area contributed by atoms with Gasteiger partial charge >= 0.3 is 0 Å². The summed E-state index contributed by atoms with van der Waals surface area (Å²) in [5, 5.41) is 0. The molecule has 0 spiro atoms. The number of hydrogen-bond acceptors (Lipinski definition) is 4. The van der Waals surface area contributed by atoms with E-state index < -0.39 is 0 Å². The first-order valence-corrected chi connectivity index (χ1v) is 7.48. The highest BCUT2D eigenvalue weighted by Crippen LogP contribution is 2.49. The van der Waals surface area contributed by atoms with Crippen molar-refractivity contribution in [1.82, 2.24) is 4.90 Å². The Morgan fingerprint density at radius 3 is 2.90 bits per heavy atom. The van der Waals surface area contributed by atoms with Gasteiger partial charge in [0.25, 0.3) is 0 Å². The van der Waals surface area contributed by atoms with Crippen LogP contribution in [0.15, 0.2) is 6.07 Å². The second kappa shape index (κ2) is 4.85. The van der Waals surface area contributed by atoms with E-state index in [1.54, 1.807) is 7.11 Å². The van der Waals surface area contributed by atoms with E-state index in [0.717, 1.165) is 35.8 Å². The van der Waals surface area contributed by atoms with Crippen molar-refractivity contribution in [3.63, 3.8) is 0 Å². The summed E-state index contributed by atoms with van der Waals surface area (Å²) in [6.45, 7) is 1.27. The van der Waals surface area contributed by atoms with Gasteiger partial charge in [0.05, 0.1) is 7.11 Å². The molecule has 3 aliphatic rings. The van der Waals surface area contributed by atoms with Crippen molar-refractivity contribution in [2.45, 2.75) is 25.3 Å². The van der Waals surface area contributed by atoms with Crippen LogP contribution < -0.4 is 14.2 Å². The van der Waals surface area contributed by atoms with Crippen LogP contribution >= 0.6 is 0 Å². The van der Waals surface area contributed by atoms with Crippen LogP contribution in [-0.2, 0) is 6.42 Å². The van der Waals surface area contributed by atoms with Gasteiger partial charge in [0.1, 0.15) is 6.04 Å². The third kappa shape index (κ3) is 2.13. The Balaban J connectivity index is 1.84. The maximum absolute atomic E-state index is 5.66. The normalized spacial score (nSPS) is 23.2. The van der Waals surface area contributed by atoms with Crippen molar-refractivity contribution in [2.24, 2.45) is 5.92 Å². The molecule has 0 radical (unpaired) electrons. The summed E-state index contributed by atoms with van der Waals surface area (Å²) in [6.07, 6.45) is 3.48. The van der Waals surface area contributed by atoms with E-state index in [1.807, 2.05) is 0 Å². The van der Waals surface area contributed by atoms with Gasteiger partial charge in [-0.25, -0.2) is 0 Å². The predicted octanol–water partition coefficient (Wildman–Crippen LogP) is 2.37. The van der Waals surface area contributed by atoms with Crippen molar-refractivity contribution < 1.29 is 14.2 Å². The van der Waals surface area contributed by atoms with Crippen molar-refractivity contribution in [3.05, 3.63) is 17.2 Å². The molecule has 1 aliphatic carbocycles. The first-order valence-electron chi connectivity index (χ1n) is 7.48. The van der Waals surface area contributed by atoms with Crippen LogP contribution in [0.2, 0.25) is 0 Å². The van der Waals surface area contributed by atoms with E-state index in [1.165, 1.54) is 18.4 Å². The average molecular weight is 285 g/mol. The Labute approximate surface area is 125 Å². The van der Waals surface area contributed by atoms with E-state index in [9.17, 15) is 0 Å². The highest BCUT2D eigenvalue weighted by atomic mass is 16.7. The van der Waals surface area contributed by atoms with Gasteiger partial charge < -0.3 is 14.2 Å². The van der Waals surface area contributed by atoms with Gasteiger partial charge in [0, 0.05) is 18.0 Å². The van der Waals surface area contributed by atoms with Gasteiger partial charge in [-0.1, -0.05) is 11.8 Å². The second-order valence-electron chi connectivity index (χ2n) is 5.91. The largest absolute Gasteiger partial charge is 0.492 e. The molecule has 4 nitrogen and oxygen atoms in total. The molecular weight excluding hydrogens is 266 g/mol. The zero-order valence-corrected chi connectivity index (χ0v) is 12.4. The molecule has 4 rings (SSSR count). The Kier molecular flexibility index (Phi) is 2.97. The summed E-state index contributed by atoms with van der Waals surface area (Å²) in [6, 6.07) is 2.18. The van der Waals surface area contributed by atoms with Crippen molar-refractivity contribution in [2.75, 3.05) is 27.5 Å². The summed E-state index contributed by atoms with van der Waals surface area (Å²) in [5.74, 6) is 9.77. The van der Waals surface area contributed by atoms with E-state index in [0.29, 0.717) is 5.92 Å². The summed E-state index contributed by atoms with van der Waals surface area (Å²) in [7, 11) is 3.82. The quantitative estimate of drug-likeness (QED) is 0.741. The smallest absolute Gasteiger partial charge is 0.231 e. The maximum atomic E-state index is 5.66. The number of benzene rings is 1. The minimum atomic E-state index is 0.0822. The molecule has 2 aliphatic heterocycles. The molecule has 0 bridgehead atoms. The minimum absolute atomic E-state index is 0.0822. The molecule has 4 heteroatoms. The number of fused-ring (bicyclic) bond motifs is 2. The van der Waals surface area contributed by atoms with Crippen molar-refractivity contribution in [3.8, 4) is 29.1 Å². The molecule has 1 aromatic carbocycles. The summed E-state index contributed by atoms with van der Waals surface area (Å²) < 4.78 is 16.8. The predicted molar refractivity (Wildman–Crippen MR) is 78.7 cm³/mol. The molecule has 1 unspecified atom stereocenters. The molecule has 1 atom stereocenters. The highest BCUT2D eigenvalue weighted by molar-refractivity contribution is 5.62. The second-order valence-corrected chi connectivity index (χ2v) is 5.91. The molecule has 1 fully saturated rings. The lowest BCUT2D eigenvalue weighted by Gasteiger charge is -2.32. The third-order valence-electron chi connectivity index (χ3n) is 4.40. The van der Waals surface area contributed by atoms with Gasteiger partial charge in [-0.15, -0.1) is 0 Å². The molecule has 1 aromatic rings. The number of rotatable bonds is 1. The van der Waals surface area contributed by atoms with Crippen LogP contribution in [-0.4, -0.2) is 32.4 Å². The molecule has 0 amide bonds. The third-order valence-corrected chi connectivity index (χ3v) is 4.40. The minimum Gasteiger partial charge on any atom is -0.492 e. The monoisotopic (exact) mass is 285 g/mol. The van der Waals surface area contributed by atoms with Gasteiger partial charge in [-0.05, 0) is 37.9 Å². The zero-order valence-electron chi connectivity index (χ0n) is 12.4. The zero-order chi connectivity index (χ0) is 14.4. The fourth-order valence-electron chi connectivity index (χ4n) is 3.04. The van der Waals surface area contributed by atoms with Crippen LogP contribution in [0, 0.1) is 17.8 Å². The molecule has 2 heterocycles. The van der Waals surface area contributed by atoms with Crippen LogP contribution in [0.1, 0.15) is 30.0 Å². The molecule has 0 N–H and O–H groups in total. The molecule has 1 saturated carbocycles. The average Bonchev–Trinajstić information content (AvgIpc) is 3.20. The van der Waals surface area contributed by atoms with Crippen LogP contribution in [0.3, 0.4) is 0 Å². The molecule has 21 heavy (non-hydrogen) atoms. The molecule has 0 aromatic heterocycles. The van der Waals surface area contributed by atoms with Crippen molar-refractivity contribution in [1.29, 1.82) is 0 Å². The van der Waals surface area contributed by atoms with Crippen molar-refractivity contribution >= 4 is 0 Å². The highest BCUT2D eigenvalue weighted by Gasteiger charge is 2.33. The lowest BCUT2D eigenvalue weighted by Crippen LogP contribution is -2.31. The van der Waals surface area contributed by atoms with E-state index in [-0.39, 0.29) is 12.8 Å². The number of nitrogens with zero attached hydrogens (tertiary/aromatic N) is 1. The summed E-state index contributed by atoms with van der Waals surface area (Å²) in [5.41, 5.74) is 2.42. The molecular formula is C17H19NO3. The lowest BCUT2D eigenvalue weighted by atomic mass is 9.91. The lowest BCUT2D eigenvalue weighted by molar-refractivity contribution is 0.171. The number of ether oxygens (including phenoxy) is 3. The Bertz CT molecular complexity index is 640. The number of hydrogen-bond donors (Lipinski definition) is 0. The fourth-order valence-corrected chi connectivity index (χ4v) is 3.04. The fraction of sp³-hybridized carbons (Fsp3) is 0.529. The Hall–Kier alpha value is -1.86. The number of methoxy groups -OCH3 is 1. The van der Waals surface area contributed by atoms with E-state index >= 15 is 0 Å². The number of likely N-dealkylation sites (N-methyl/N-ethyl adjacent to an activating group) is 1. The van der Waals surface area contributed by atoms with Gasteiger partial charge in [-0.2, -0.15) is 0 Å². The van der Waals surface area contributed by atoms with Gasteiger partial charge in [0.15, 0.2) is 11.5 Å². The Morgan fingerprint density at radius 2 is 2.14 bits per heavy atom. The maximum Gasteiger partial charge on any atom is 0.231 e. The standard InChI is InChI=1S/C17H19NO3/c1-18-8-7-12-9-14-16(21-10-20-14)17(19-2)15(12)13(18)6-5-11-3-4-11/h9,11,13H,3-4,7-8,10H2,1-2H3. The van der Waals surface area contributed by atoms with Crippen LogP contribution in [0.25, 0.3) is 0 Å². The van der Waals surface area contributed by atoms with E-state index in [4.69, 9.17) is 14.2 Å². The van der Waals surface area contributed by atoms with Crippen LogP contribution in [0.5, 0.6) is 17.2 Å². The SMILES string of the molecule is COc1c2c(cc3c1C(C#CC1CC1)N(C)CC3)OCO2. The van der Waals surface area contributed by atoms with E-state index in [2.05, 4.69) is 29.9 Å². The van der Waals surface area contributed by atoms with Gasteiger partial charge in [-0.3, -0.25) is 4.90 Å². The summed E-state index contributed by atoms with van der Waals surface area (Å²) >= 11 is 0.